The maximum absolute atomic E-state index is 12.7. The molecule has 0 aliphatic carbocycles. The number of allylic oxidation sites excluding steroid dienone is 1. The molecule has 23 heavy (non-hydrogen) atoms. The summed E-state index contributed by atoms with van der Waals surface area (Å²) >= 11 is -0.111. The first-order valence-electron chi connectivity index (χ1n) is 7.56. The lowest BCUT2D eigenvalue weighted by molar-refractivity contribution is -0.124. The lowest BCUT2D eigenvalue weighted by atomic mass is 9.86. The maximum atomic E-state index is 12.7. The van der Waals surface area contributed by atoms with Crippen LogP contribution in [0.1, 0.15) is 18.4 Å². The number of nitrogens with two attached hydrogens (primary N) is 1. The third-order valence-electron chi connectivity index (χ3n) is 4.68. The van der Waals surface area contributed by atoms with Crippen LogP contribution < -0.4 is 16.0 Å². The van der Waals surface area contributed by atoms with Gasteiger partial charge in [0.2, 0.25) is 5.91 Å². The second-order valence-corrected chi connectivity index (χ2v) is 6.24. The van der Waals surface area contributed by atoms with Crippen LogP contribution in [0.4, 0.5) is 9.57 Å². The minimum atomic E-state index is -0.216. The number of carbonyl (C=O) groups excluding carboxylic acids is 1. The number of anilines is 1. The van der Waals surface area contributed by atoms with Gasteiger partial charge in [0.05, 0.1) is 5.41 Å². The van der Waals surface area contributed by atoms with E-state index in [1.807, 2.05) is 29.2 Å². The Balaban J connectivity index is 1.78. The van der Waals surface area contributed by atoms with Gasteiger partial charge in [-0.25, -0.2) is 0 Å². The average molecular weight is 334 g/mol. The van der Waals surface area contributed by atoms with Crippen LogP contribution in [0.5, 0.6) is 0 Å². The zero-order chi connectivity index (χ0) is 16.3. The Morgan fingerprint density at radius 1 is 1.39 bits per heavy atom. The Hall–Kier alpha value is -1.86. The molecule has 0 bridgehead atoms. The number of amides is 1. The number of nitrogens with one attached hydrogen (secondary N) is 1. The van der Waals surface area contributed by atoms with E-state index in [0.29, 0.717) is 5.57 Å². The molecule has 1 aromatic carbocycles. The molecule has 2 fully saturated rings. The molecule has 1 aromatic rings. The van der Waals surface area contributed by atoms with Crippen molar-refractivity contribution < 1.29 is 8.68 Å². The van der Waals surface area contributed by atoms with Crippen molar-refractivity contribution in [3.63, 3.8) is 0 Å². The Labute approximate surface area is 139 Å². The van der Waals surface area contributed by atoms with Gasteiger partial charge in [0.25, 0.3) is 0 Å². The molecule has 2 aliphatic heterocycles. The zero-order valence-corrected chi connectivity index (χ0v) is 13.5. The van der Waals surface area contributed by atoms with Crippen molar-refractivity contribution in [1.29, 1.82) is 0 Å². The van der Waals surface area contributed by atoms with Crippen molar-refractivity contribution in [2.45, 2.75) is 12.8 Å². The number of rotatable bonds is 4. The third kappa shape index (κ3) is 2.98. The number of benzene rings is 1. The van der Waals surface area contributed by atoms with Gasteiger partial charge in [0.15, 0.2) is 12.3 Å². The quantitative estimate of drug-likeness (QED) is 0.655. The van der Waals surface area contributed by atoms with Gasteiger partial charge in [-0.1, -0.05) is 12.1 Å². The molecule has 1 atom stereocenters. The molecule has 2 aliphatic rings. The first kappa shape index (κ1) is 16.0. The van der Waals surface area contributed by atoms with E-state index >= 15 is 0 Å². The second-order valence-electron chi connectivity index (χ2n) is 5.89. The summed E-state index contributed by atoms with van der Waals surface area (Å²) < 4.78 is 15.5. The normalized spacial score (nSPS) is 25.2. The first-order valence-corrected chi connectivity index (χ1v) is 8.24. The topological polar surface area (TPSA) is 70.7 Å². The summed E-state index contributed by atoms with van der Waals surface area (Å²) in [5, 5.41) is 3.29. The molecule has 1 amide bonds. The molecular weight excluding hydrogens is 315 g/mol. The van der Waals surface area contributed by atoms with Crippen molar-refractivity contribution in [3.05, 3.63) is 36.0 Å². The number of carbonyl (C=O) groups is 1. The number of nitrogens with zero attached hydrogens (tertiary/aromatic N) is 2. The van der Waals surface area contributed by atoms with E-state index in [1.165, 1.54) is 12.4 Å². The predicted molar refractivity (Wildman–Crippen MR) is 92.7 cm³/mol. The first-order chi connectivity index (χ1) is 11.2. The highest BCUT2D eigenvalue weighted by Crippen LogP contribution is 2.39. The number of halogens is 1. The third-order valence-corrected chi connectivity index (χ3v) is 4.87. The fraction of sp³-hybridized carbons (Fsp3) is 0.375. The van der Waals surface area contributed by atoms with E-state index in [0.717, 1.165) is 43.7 Å². The Morgan fingerprint density at radius 2 is 2.17 bits per heavy atom. The summed E-state index contributed by atoms with van der Waals surface area (Å²) in [6.07, 6.45) is 4.57. The van der Waals surface area contributed by atoms with Crippen molar-refractivity contribution in [2.75, 3.05) is 24.5 Å². The van der Waals surface area contributed by atoms with E-state index in [1.54, 1.807) is 0 Å². The fourth-order valence-corrected chi connectivity index (χ4v) is 3.48. The second kappa shape index (κ2) is 6.72. The van der Waals surface area contributed by atoms with Gasteiger partial charge >= 0.3 is 0 Å². The van der Waals surface area contributed by atoms with Gasteiger partial charge in [-0.15, -0.1) is 3.89 Å². The predicted octanol–water partition coefficient (Wildman–Crippen LogP) is 2.31. The van der Waals surface area contributed by atoms with Crippen LogP contribution >= 0.6 is 12.3 Å². The van der Waals surface area contributed by atoms with Crippen molar-refractivity contribution in [1.82, 2.24) is 5.32 Å². The Bertz CT molecular complexity index is 638. The van der Waals surface area contributed by atoms with E-state index in [2.05, 4.69) is 9.71 Å². The lowest BCUT2D eigenvalue weighted by Gasteiger charge is -2.22. The molecule has 1 unspecified atom stereocenters. The molecule has 122 valence electrons. The largest absolute Gasteiger partial charge is 0.404 e. The molecule has 1 spiro atoms. The van der Waals surface area contributed by atoms with E-state index in [4.69, 9.17) is 5.73 Å². The minimum Gasteiger partial charge on any atom is -0.404 e. The molecule has 2 heterocycles. The molecular formula is C16H19FN4OS. The summed E-state index contributed by atoms with van der Waals surface area (Å²) in [5.74, 6) is 0.209. The SMILES string of the molecule is NC=C(C=NSF)c1ccc(N2CCC3(CCNC3)C2=O)cc1. The van der Waals surface area contributed by atoms with Gasteiger partial charge in [0, 0.05) is 36.8 Å². The Kier molecular flexibility index (Phi) is 4.68. The minimum absolute atomic E-state index is 0.111. The summed E-state index contributed by atoms with van der Waals surface area (Å²) in [4.78, 5) is 14.6. The van der Waals surface area contributed by atoms with E-state index in [9.17, 15) is 8.68 Å². The Morgan fingerprint density at radius 3 is 2.78 bits per heavy atom. The highest BCUT2D eigenvalue weighted by atomic mass is 32.2. The van der Waals surface area contributed by atoms with Crippen molar-refractivity contribution in [3.8, 4) is 0 Å². The summed E-state index contributed by atoms with van der Waals surface area (Å²) in [6, 6.07) is 7.53. The lowest BCUT2D eigenvalue weighted by Crippen LogP contribution is -2.36. The van der Waals surface area contributed by atoms with Crippen LogP contribution in [0.25, 0.3) is 5.57 Å². The molecule has 2 saturated heterocycles. The average Bonchev–Trinajstić information content (AvgIpc) is 3.18. The number of hydrogen-bond donors (Lipinski definition) is 2. The monoisotopic (exact) mass is 334 g/mol. The molecule has 0 radical (unpaired) electrons. The number of hydrogen-bond acceptors (Lipinski definition) is 5. The van der Waals surface area contributed by atoms with E-state index < -0.39 is 0 Å². The van der Waals surface area contributed by atoms with Crippen LogP contribution in [0.15, 0.2) is 34.9 Å². The zero-order valence-electron chi connectivity index (χ0n) is 12.7. The fourth-order valence-electron chi connectivity index (χ4n) is 3.33. The molecule has 3 rings (SSSR count). The van der Waals surface area contributed by atoms with Crippen LogP contribution in [0.2, 0.25) is 0 Å². The van der Waals surface area contributed by atoms with E-state index in [-0.39, 0.29) is 23.7 Å². The highest BCUT2D eigenvalue weighted by molar-refractivity contribution is 7.93. The molecule has 7 heteroatoms. The van der Waals surface area contributed by atoms with Gasteiger partial charge in [-0.05, 0) is 37.1 Å². The van der Waals surface area contributed by atoms with Gasteiger partial charge < -0.3 is 16.0 Å². The van der Waals surface area contributed by atoms with Crippen LogP contribution in [-0.4, -0.2) is 31.8 Å². The van der Waals surface area contributed by atoms with Gasteiger partial charge in [-0.2, -0.15) is 4.40 Å². The van der Waals surface area contributed by atoms with Crippen LogP contribution in [-0.2, 0) is 4.79 Å². The van der Waals surface area contributed by atoms with Crippen LogP contribution in [0.3, 0.4) is 0 Å². The van der Waals surface area contributed by atoms with Crippen molar-refractivity contribution >= 4 is 35.7 Å². The van der Waals surface area contributed by atoms with Crippen LogP contribution in [0, 0.1) is 5.41 Å². The van der Waals surface area contributed by atoms with Crippen molar-refractivity contribution in [2.24, 2.45) is 15.5 Å². The smallest absolute Gasteiger partial charge is 0.234 e. The summed E-state index contributed by atoms with van der Waals surface area (Å²) in [7, 11) is 0. The van der Waals surface area contributed by atoms with Gasteiger partial charge in [0.1, 0.15) is 0 Å². The molecule has 0 aromatic heterocycles. The molecule has 3 N–H and O–H groups in total. The molecule has 5 nitrogen and oxygen atoms in total. The maximum Gasteiger partial charge on any atom is 0.234 e. The highest BCUT2D eigenvalue weighted by Gasteiger charge is 2.48. The van der Waals surface area contributed by atoms with Gasteiger partial charge in [-0.3, -0.25) is 4.79 Å². The molecule has 0 saturated carbocycles. The summed E-state index contributed by atoms with van der Waals surface area (Å²) in [5.41, 5.74) is 7.68. The standard InChI is InChI=1S/C16H19FN4OS/c17-23-20-10-13(9-18)12-1-3-14(4-2-12)21-8-6-16(15(21)22)5-7-19-11-16/h1-4,9-10,19H,5-8,11,18H2. The summed E-state index contributed by atoms with van der Waals surface area (Å²) in [6.45, 7) is 2.44.